The van der Waals surface area contributed by atoms with Crippen LogP contribution in [-0.2, 0) is 30.3 Å². The van der Waals surface area contributed by atoms with Crippen LogP contribution in [0.1, 0.15) is 36.3 Å². The number of carbonyl (C=O) groups excluding carboxylic acids is 3. The van der Waals surface area contributed by atoms with Gasteiger partial charge in [-0.25, -0.2) is 4.79 Å². The van der Waals surface area contributed by atoms with Gasteiger partial charge >= 0.3 is 5.97 Å². The van der Waals surface area contributed by atoms with Gasteiger partial charge in [-0.3, -0.25) is 9.59 Å². The number of likely N-dealkylation sites (tertiary alicyclic amines) is 1. The fourth-order valence-corrected chi connectivity index (χ4v) is 5.20. The van der Waals surface area contributed by atoms with Gasteiger partial charge < -0.3 is 24.6 Å². The van der Waals surface area contributed by atoms with Crippen LogP contribution in [-0.4, -0.2) is 86.2 Å². The van der Waals surface area contributed by atoms with Crippen LogP contribution in [0.2, 0.25) is 0 Å². The first-order valence-electron chi connectivity index (χ1n) is 13.1. The Bertz CT molecular complexity index is 1030. The van der Waals surface area contributed by atoms with Crippen molar-refractivity contribution in [3.63, 3.8) is 0 Å². The lowest BCUT2D eigenvalue weighted by Crippen LogP contribution is -2.61. The molecule has 0 saturated carbocycles. The van der Waals surface area contributed by atoms with Gasteiger partial charge in [0.1, 0.15) is 5.54 Å². The number of aryl methyl sites for hydroxylation is 1. The van der Waals surface area contributed by atoms with Gasteiger partial charge in [0.05, 0.1) is 26.2 Å². The highest BCUT2D eigenvalue weighted by atomic mass is 16.5. The molecule has 2 aliphatic rings. The number of esters is 1. The molecule has 37 heavy (non-hydrogen) atoms. The van der Waals surface area contributed by atoms with Crippen LogP contribution in [0.15, 0.2) is 60.7 Å². The average Bonchev–Trinajstić information content (AvgIpc) is 2.96. The smallest absolute Gasteiger partial charge is 0.331 e. The highest BCUT2D eigenvalue weighted by Crippen LogP contribution is 2.28. The number of carbonyl (C=O) groups is 3. The minimum atomic E-state index is -1.05. The number of morpholine rings is 1. The molecule has 1 N–H and O–H groups in total. The predicted octanol–water partition coefficient (Wildman–Crippen LogP) is 2.39. The summed E-state index contributed by atoms with van der Waals surface area (Å²) in [5.74, 6) is -0.768. The molecule has 2 amide bonds. The molecule has 0 radical (unpaired) electrons. The Labute approximate surface area is 218 Å². The maximum Gasteiger partial charge on any atom is 0.331 e. The summed E-state index contributed by atoms with van der Waals surface area (Å²) in [4.78, 5) is 43.3. The van der Waals surface area contributed by atoms with E-state index < -0.39 is 11.5 Å². The Morgan fingerprint density at radius 1 is 0.946 bits per heavy atom. The van der Waals surface area contributed by atoms with E-state index >= 15 is 0 Å². The quantitative estimate of drug-likeness (QED) is 0.525. The van der Waals surface area contributed by atoms with Gasteiger partial charge in [-0.1, -0.05) is 60.7 Å². The second kappa shape index (κ2) is 12.8. The summed E-state index contributed by atoms with van der Waals surface area (Å²) in [7, 11) is 1.36. The molecule has 2 aromatic rings. The first-order valence-corrected chi connectivity index (χ1v) is 13.1. The molecule has 2 heterocycles. The third kappa shape index (κ3) is 6.96. The zero-order valence-electron chi connectivity index (χ0n) is 21.6. The van der Waals surface area contributed by atoms with E-state index in [1.165, 1.54) is 7.11 Å². The average molecular weight is 508 g/mol. The number of ether oxygens (including phenoxy) is 2. The molecule has 198 valence electrons. The van der Waals surface area contributed by atoms with Gasteiger partial charge in [-0.2, -0.15) is 0 Å². The number of methoxy groups -OCH3 is 1. The summed E-state index contributed by atoms with van der Waals surface area (Å²) in [6.45, 7) is 4.03. The molecular formula is C29H37N3O5. The molecule has 8 nitrogen and oxygen atoms in total. The summed E-state index contributed by atoms with van der Waals surface area (Å²) in [6, 6.07) is 19.7. The lowest BCUT2D eigenvalue weighted by atomic mass is 9.86. The van der Waals surface area contributed by atoms with Crippen molar-refractivity contribution in [1.29, 1.82) is 0 Å². The van der Waals surface area contributed by atoms with Gasteiger partial charge in [0.25, 0.3) is 0 Å². The topological polar surface area (TPSA) is 88.2 Å². The monoisotopic (exact) mass is 507 g/mol. The summed E-state index contributed by atoms with van der Waals surface area (Å²) >= 11 is 0. The van der Waals surface area contributed by atoms with Crippen molar-refractivity contribution < 1.29 is 23.9 Å². The van der Waals surface area contributed by atoms with E-state index in [1.807, 2.05) is 65.6 Å². The lowest BCUT2D eigenvalue weighted by Gasteiger charge is -2.41. The van der Waals surface area contributed by atoms with Gasteiger partial charge in [-0.05, 0) is 30.4 Å². The molecule has 0 aromatic heterocycles. The van der Waals surface area contributed by atoms with Gasteiger partial charge in [0.2, 0.25) is 11.8 Å². The number of nitrogens with one attached hydrogen (secondary N) is 1. The normalized spacial score (nSPS) is 18.6. The fraction of sp³-hybridized carbons (Fsp3) is 0.483. The minimum absolute atomic E-state index is 0.105. The Morgan fingerprint density at radius 3 is 2.19 bits per heavy atom. The van der Waals surface area contributed by atoms with Crippen LogP contribution >= 0.6 is 0 Å². The van der Waals surface area contributed by atoms with Crippen LogP contribution in [0.5, 0.6) is 0 Å². The largest absolute Gasteiger partial charge is 0.467 e. The van der Waals surface area contributed by atoms with E-state index in [9.17, 15) is 14.4 Å². The molecule has 1 unspecified atom stereocenters. The molecule has 2 aromatic carbocycles. The molecule has 2 fully saturated rings. The van der Waals surface area contributed by atoms with Gasteiger partial charge in [0.15, 0.2) is 0 Å². The van der Waals surface area contributed by atoms with Crippen LogP contribution in [0.3, 0.4) is 0 Å². The number of hydrogen-bond acceptors (Lipinski definition) is 6. The van der Waals surface area contributed by atoms with Gasteiger partial charge in [0, 0.05) is 39.1 Å². The van der Waals surface area contributed by atoms with E-state index in [2.05, 4.69) is 10.2 Å². The minimum Gasteiger partial charge on any atom is -0.467 e. The Kier molecular flexibility index (Phi) is 9.30. The molecule has 0 bridgehead atoms. The summed E-state index contributed by atoms with van der Waals surface area (Å²) < 4.78 is 10.5. The molecule has 4 rings (SSSR count). The highest BCUT2D eigenvalue weighted by molar-refractivity contribution is 5.88. The Morgan fingerprint density at radius 2 is 1.57 bits per heavy atom. The summed E-state index contributed by atoms with van der Waals surface area (Å²) in [5.41, 5.74) is 1.02. The number of rotatable bonds is 9. The van der Waals surface area contributed by atoms with E-state index in [1.54, 1.807) is 0 Å². The van der Waals surface area contributed by atoms with Crippen molar-refractivity contribution in [2.24, 2.45) is 0 Å². The molecular weight excluding hydrogens is 470 g/mol. The number of hydrogen-bond donors (Lipinski definition) is 1. The van der Waals surface area contributed by atoms with E-state index in [0.29, 0.717) is 71.6 Å². The molecule has 2 aliphatic heterocycles. The molecule has 0 aliphatic carbocycles. The third-order valence-corrected chi connectivity index (χ3v) is 7.41. The zero-order valence-corrected chi connectivity index (χ0v) is 21.6. The van der Waals surface area contributed by atoms with Crippen molar-refractivity contribution >= 4 is 17.8 Å². The molecule has 1 atom stereocenters. The van der Waals surface area contributed by atoms with E-state index in [0.717, 1.165) is 11.1 Å². The molecule has 2 saturated heterocycles. The van der Waals surface area contributed by atoms with Gasteiger partial charge in [-0.15, -0.1) is 0 Å². The fourth-order valence-electron chi connectivity index (χ4n) is 5.20. The van der Waals surface area contributed by atoms with Crippen molar-refractivity contribution in [1.82, 2.24) is 15.1 Å². The molecule has 0 spiro atoms. The van der Waals surface area contributed by atoms with E-state index in [4.69, 9.17) is 9.47 Å². The lowest BCUT2D eigenvalue weighted by molar-refractivity contribution is -0.153. The maximum atomic E-state index is 13.5. The Hall–Kier alpha value is -3.23. The first-order chi connectivity index (χ1) is 18.0. The zero-order chi connectivity index (χ0) is 26.1. The van der Waals surface area contributed by atoms with Crippen LogP contribution in [0, 0.1) is 0 Å². The first kappa shape index (κ1) is 26.8. The highest BCUT2D eigenvalue weighted by Gasteiger charge is 2.44. The molecule has 8 heteroatoms. The number of benzene rings is 2. The second-order valence-electron chi connectivity index (χ2n) is 9.81. The summed E-state index contributed by atoms with van der Waals surface area (Å²) in [5, 5.41) is 3.00. The third-order valence-electron chi connectivity index (χ3n) is 7.41. The van der Waals surface area contributed by atoms with Crippen LogP contribution in [0.4, 0.5) is 0 Å². The van der Waals surface area contributed by atoms with Crippen molar-refractivity contribution in [3.05, 3.63) is 71.8 Å². The standard InChI is InChI=1S/C29H37N3O5/c1-36-28(35)29(30-26(33)13-12-23-8-4-2-5-9-23)14-16-31(17-15-29)22-25(24-10-6-3-7-11-24)27(34)32-18-20-37-21-19-32/h2-11,25H,12-22H2,1H3,(H,30,33). The second-order valence-corrected chi connectivity index (χ2v) is 9.81. The number of amides is 2. The van der Waals surface area contributed by atoms with Crippen molar-refractivity contribution in [2.75, 3.05) is 53.0 Å². The van der Waals surface area contributed by atoms with Crippen molar-refractivity contribution in [2.45, 2.75) is 37.1 Å². The van der Waals surface area contributed by atoms with E-state index in [-0.39, 0.29) is 17.7 Å². The number of piperidine rings is 1. The number of nitrogens with zero attached hydrogens (tertiary/aromatic N) is 2. The Balaban J connectivity index is 1.40. The van der Waals surface area contributed by atoms with Crippen LogP contribution < -0.4 is 5.32 Å². The SMILES string of the molecule is COC(=O)C1(NC(=O)CCc2ccccc2)CCN(CC(C(=O)N2CCOCC2)c2ccccc2)CC1. The summed E-state index contributed by atoms with van der Waals surface area (Å²) in [6.07, 6.45) is 1.78. The van der Waals surface area contributed by atoms with Crippen LogP contribution in [0.25, 0.3) is 0 Å². The predicted molar refractivity (Wildman–Crippen MR) is 140 cm³/mol. The van der Waals surface area contributed by atoms with Crippen molar-refractivity contribution in [3.8, 4) is 0 Å². The maximum absolute atomic E-state index is 13.5.